The largest absolute Gasteiger partial charge is 0.349 e. The van der Waals surface area contributed by atoms with E-state index in [-0.39, 0.29) is 5.54 Å². The SMILES string of the molecule is CCO[C@@]1(C)OCC[C@@]1(C)NC(C)CC. The summed E-state index contributed by atoms with van der Waals surface area (Å²) in [5.41, 5.74) is -0.0710. The van der Waals surface area contributed by atoms with Crippen LogP contribution in [0.4, 0.5) is 0 Å². The van der Waals surface area contributed by atoms with Crippen LogP contribution in [-0.4, -0.2) is 30.6 Å². The molecular weight excluding hydrogens is 190 g/mol. The normalized spacial score (nSPS) is 38.2. The van der Waals surface area contributed by atoms with Gasteiger partial charge in [0, 0.05) is 12.6 Å². The van der Waals surface area contributed by atoms with Crippen molar-refractivity contribution in [3.05, 3.63) is 0 Å². The van der Waals surface area contributed by atoms with Crippen molar-refractivity contribution >= 4 is 0 Å². The molecule has 1 fully saturated rings. The van der Waals surface area contributed by atoms with Crippen LogP contribution in [0.5, 0.6) is 0 Å². The fourth-order valence-corrected chi connectivity index (χ4v) is 2.16. The molecule has 1 unspecified atom stereocenters. The summed E-state index contributed by atoms with van der Waals surface area (Å²) in [6, 6.07) is 0.497. The van der Waals surface area contributed by atoms with Gasteiger partial charge < -0.3 is 14.8 Å². The highest BCUT2D eigenvalue weighted by atomic mass is 16.7. The second-order valence-corrected chi connectivity index (χ2v) is 4.76. The number of rotatable bonds is 5. The predicted molar refractivity (Wildman–Crippen MR) is 61.9 cm³/mol. The molecule has 3 heteroatoms. The smallest absolute Gasteiger partial charge is 0.183 e. The van der Waals surface area contributed by atoms with E-state index < -0.39 is 5.79 Å². The summed E-state index contributed by atoms with van der Waals surface area (Å²) in [6.07, 6.45) is 2.13. The molecule has 0 radical (unpaired) electrons. The molecule has 3 atom stereocenters. The zero-order valence-corrected chi connectivity index (χ0v) is 10.7. The first-order valence-electron chi connectivity index (χ1n) is 6.03. The third kappa shape index (κ3) is 2.52. The summed E-state index contributed by atoms with van der Waals surface area (Å²) in [4.78, 5) is 0. The van der Waals surface area contributed by atoms with Crippen molar-refractivity contribution in [1.82, 2.24) is 5.32 Å². The molecule has 0 aromatic heterocycles. The van der Waals surface area contributed by atoms with Gasteiger partial charge in [0.1, 0.15) is 0 Å². The maximum Gasteiger partial charge on any atom is 0.183 e. The van der Waals surface area contributed by atoms with Gasteiger partial charge in [-0.05, 0) is 40.5 Å². The number of nitrogens with one attached hydrogen (secondary N) is 1. The Labute approximate surface area is 93.5 Å². The first-order valence-corrected chi connectivity index (χ1v) is 6.03. The second kappa shape index (κ2) is 4.81. The van der Waals surface area contributed by atoms with Crippen molar-refractivity contribution in [2.45, 2.75) is 64.8 Å². The molecule has 1 N–H and O–H groups in total. The van der Waals surface area contributed by atoms with Crippen LogP contribution < -0.4 is 5.32 Å². The van der Waals surface area contributed by atoms with Crippen molar-refractivity contribution in [2.75, 3.05) is 13.2 Å². The average Bonchev–Trinajstić information content (AvgIpc) is 2.43. The molecule has 15 heavy (non-hydrogen) atoms. The van der Waals surface area contributed by atoms with Crippen LogP contribution in [0.1, 0.15) is 47.5 Å². The zero-order valence-electron chi connectivity index (χ0n) is 10.7. The van der Waals surface area contributed by atoms with Crippen LogP contribution in [0.2, 0.25) is 0 Å². The molecule has 1 aliphatic heterocycles. The summed E-state index contributed by atoms with van der Waals surface area (Å²) in [6.45, 7) is 12.1. The highest BCUT2D eigenvalue weighted by molar-refractivity contribution is 5.00. The first kappa shape index (κ1) is 12.9. The summed E-state index contributed by atoms with van der Waals surface area (Å²) < 4.78 is 11.5. The first-order chi connectivity index (χ1) is 6.97. The van der Waals surface area contributed by atoms with Gasteiger partial charge in [-0.15, -0.1) is 0 Å². The third-order valence-corrected chi connectivity index (χ3v) is 3.58. The second-order valence-electron chi connectivity index (χ2n) is 4.76. The quantitative estimate of drug-likeness (QED) is 0.763. The molecule has 0 bridgehead atoms. The van der Waals surface area contributed by atoms with Gasteiger partial charge in [0.25, 0.3) is 0 Å². The third-order valence-electron chi connectivity index (χ3n) is 3.58. The summed E-state index contributed by atoms with van der Waals surface area (Å²) in [5, 5.41) is 3.63. The van der Waals surface area contributed by atoms with Crippen molar-refractivity contribution < 1.29 is 9.47 Å². The molecule has 1 heterocycles. The fourth-order valence-electron chi connectivity index (χ4n) is 2.16. The molecule has 1 saturated heterocycles. The van der Waals surface area contributed by atoms with Crippen molar-refractivity contribution in [2.24, 2.45) is 0 Å². The molecule has 0 aromatic carbocycles. The molecule has 1 aliphatic rings. The standard InChI is InChI=1S/C12H25NO2/c1-6-10(3)13-11(4)8-9-15-12(11,5)14-7-2/h10,13H,6-9H2,1-5H3/t10?,11-,12+/m1/s1. The molecule has 3 nitrogen and oxygen atoms in total. The molecular formula is C12H25NO2. The number of ether oxygens (including phenoxy) is 2. The Balaban J connectivity index is 2.71. The van der Waals surface area contributed by atoms with Gasteiger partial charge in [0.2, 0.25) is 0 Å². The molecule has 0 aliphatic carbocycles. The van der Waals surface area contributed by atoms with E-state index in [0.29, 0.717) is 12.6 Å². The highest BCUT2D eigenvalue weighted by Crippen LogP contribution is 2.37. The van der Waals surface area contributed by atoms with Gasteiger partial charge in [-0.3, -0.25) is 0 Å². The van der Waals surface area contributed by atoms with E-state index in [0.717, 1.165) is 19.4 Å². The van der Waals surface area contributed by atoms with Crippen LogP contribution in [0.25, 0.3) is 0 Å². The Hall–Kier alpha value is -0.120. The monoisotopic (exact) mass is 215 g/mol. The van der Waals surface area contributed by atoms with E-state index in [2.05, 4.69) is 26.1 Å². The van der Waals surface area contributed by atoms with E-state index in [1.807, 2.05) is 13.8 Å². The minimum absolute atomic E-state index is 0.0710. The lowest BCUT2D eigenvalue weighted by Crippen LogP contribution is -2.60. The van der Waals surface area contributed by atoms with Gasteiger partial charge in [-0.2, -0.15) is 0 Å². The lowest BCUT2D eigenvalue weighted by molar-refractivity contribution is -0.226. The lowest BCUT2D eigenvalue weighted by atomic mass is 9.90. The van der Waals surface area contributed by atoms with Gasteiger partial charge in [0.15, 0.2) is 5.79 Å². The highest BCUT2D eigenvalue weighted by Gasteiger charge is 2.51. The Bertz CT molecular complexity index is 210. The molecule has 1 rings (SSSR count). The topological polar surface area (TPSA) is 30.5 Å². The van der Waals surface area contributed by atoms with Crippen LogP contribution in [0.3, 0.4) is 0 Å². The van der Waals surface area contributed by atoms with E-state index >= 15 is 0 Å². The Morgan fingerprint density at radius 3 is 2.60 bits per heavy atom. The van der Waals surface area contributed by atoms with E-state index in [4.69, 9.17) is 9.47 Å². The van der Waals surface area contributed by atoms with Crippen molar-refractivity contribution in [1.29, 1.82) is 0 Å². The Morgan fingerprint density at radius 2 is 2.07 bits per heavy atom. The molecule has 90 valence electrons. The summed E-state index contributed by atoms with van der Waals surface area (Å²) in [7, 11) is 0. The minimum atomic E-state index is -0.481. The average molecular weight is 215 g/mol. The van der Waals surface area contributed by atoms with Crippen molar-refractivity contribution in [3.8, 4) is 0 Å². The minimum Gasteiger partial charge on any atom is -0.349 e. The van der Waals surface area contributed by atoms with Crippen LogP contribution in [0.15, 0.2) is 0 Å². The van der Waals surface area contributed by atoms with Crippen molar-refractivity contribution in [3.63, 3.8) is 0 Å². The zero-order chi connectivity index (χ0) is 11.5. The molecule has 0 aromatic rings. The summed E-state index contributed by atoms with van der Waals surface area (Å²) in [5.74, 6) is -0.481. The molecule has 0 amide bonds. The Kier molecular flexibility index (Phi) is 4.15. The van der Waals surface area contributed by atoms with Crippen LogP contribution >= 0.6 is 0 Å². The summed E-state index contributed by atoms with van der Waals surface area (Å²) >= 11 is 0. The Morgan fingerprint density at radius 1 is 1.40 bits per heavy atom. The van der Waals surface area contributed by atoms with Gasteiger partial charge >= 0.3 is 0 Å². The van der Waals surface area contributed by atoms with E-state index in [1.165, 1.54) is 0 Å². The van der Waals surface area contributed by atoms with Crippen LogP contribution in [-0.2, 0) is 9.47 Å². The fraction of sp³-hybridized carbons (Fsp3) is 1.00. The van der Waals surface area contributed by atoms with Gasteiger partial charge in [-0.1, -0.05) is 6.92 Å². The maximum atomic E-state index is 5.77. The molecule has 0 saturated carbocycles. The molecule has 0 spiro atoms. The number of hydrogen-bond acceptors (Lipinski definition) is 3. The van der Waals surface area contributed by atoms with E-state index in [9.17, 15) is 0 Å². The van der Waals surface area contributed by atoms with E-state index in [1.54, 1.807) is 0 Å². The van der Waals surface area contributed by atoms with Gasteiger partial charge in [0.05, 0.1) is 12.1 Å². The number of hydrogen-bond donors (Lipinski definition) is 1. The van der Waals surface area contributed by atoms with Gasteiger partial charge in [-0.25, -0.2) is 0 Å². The maximum absolute atomic E-state index is 5.77. The predicted octanol–water partition coefficient (Wildman–Crippen LogP) is 2.31. The lowest BCUT2D eigenvalue weighted by Gasteiger charge is -2.41. The van der Waals surface area contributed by atoms with Crippen LogP contribution in [0, 0.1) is 0 Å².